The van der Waals surface area contributed by atoms with Gasteiger partial charge in [0.25, 0.3) is 0 Å². The minimum Gasteiger partial charge on any atom is -0.495 e. The Morgan fingerprint density at radius 1 is 1.29 bits per heavy atom. The zero-order chi connectivity index (χ0) is 20.1. The van der Waals surface area contributed by atoms with E-state index < -0.39 is 0 Å². The van der Waals surface area contributed by atoms with E-state index in [9.17, 15) is 4.79 Å². The van der Waals surface area contributed by atoms with Crippen LogP contribution in [-0.4, -0.2) is 33.5 Å². The van der Waals surface area contributed by atoms with Crippen molar-refractivity contribution in [3.63, 3.8) is 0 Å². The number of ether oxygens (including phenoxy) is 1. The van der Waals surface area contributed by atoms with Crippen LogP contribution in [0.4, 0.5) is 0 Å². The number of hydrogen-bond acceptors (Lipinski definition) is 5. The van der Waals surface area contributed by atoms with Crippen molar-refractivity contribution in [1.82, 2.24) is 20.1 Å². The first-order chi connectivity index (χ1) is 13.5. The Morgan fingerprint density at radius 3 is 2.82 bits per heavy atom. The van der Waals surface area contributed by atoms with Gasteiger partial charge in [-0.3, -0.25) is 9.36 Å². The standard InChI is InChI=1S/C19H18Cl2N4O2S/c1-12(14-8-7-13(20)9-15(14)21)23-18(26)10-28-19-24-22-11-25(19)16-5-3-4-6-17(16)27-2/h3-9,11-12H,10H2,1-2H3,(H,23,26)/t12-/m0/s1. The summed E-state index contributed by atoms with van der Waals surface area (Å²) in [6.07, 6.45) is 1.59. The normalized spacial score (nSPS) is 11.9. The molecule has 0 unspecified atom stereocenters. The van der Waals surface area contributed by atoms with E-state index >= 15 is 0 Å². The fraction of sp³-hybridized carbons (Fsp3) is 0.211. The van der Waals surface area contributed by atoms with Crippen LogP contribution in [0.2, 0.25) is 10.0 Å². The second-order valence-corrected chi connectivity index (χ2v) is 7.69. The van der Waals surface area contributed by atoms with Crippen molar-refractivity contribution in [1.29, 1.82) is 0 Å². The number of nitrogens with one attached hydrogen (secondary N) is 1. The lowest BCUT2D eigenvalue weighted by atomic mass is 10.1. The zero-order valence-corrected chi connectivity index (χ0v) is 17.6. The number of methoxy groups -OCH3 is 1. The number of carbonyl (C=O) groups is 1. The Bertz CT molecular complexity index is 980. The lowest BCUT2D eigenvalue weighted by Crippen LogP contribution is -2.28. The molecule has 9 heteroatoms. The second kappa shape index (κ2) is 9.32. The predicted molar refractivity (Wildman–Crippen MR) is 112 cm³/mol. The first-order valence-electron chi connectivity index (χ1n) is 8.40. The highest BCUT2D eigenvalue weighted by molar-refractivity contribution is 7.99. The first-order valence-corrected chi connectivity index (χ1v) is 10.1. The van der Waals surface area contributed by atoms with E-state index in [1.165, 1.54) is 11.8 Å². The fourth-order valence-electron chi connectivity index (χ4n) is 2.66. The average Bonchev–Trinajstić information content (AvgIpc) is 3.14. The molecule has 0 spiro atoms. The zero-order valence-electron chi connectivity index (χ0n) is 15.2. The Labute approximate surface area is 177 Å². The van der Waals surface area contributed by atoms with Crippen molar-refractivity contribution in [2.45, 2.75) is 18.1 Å². The van der Waals surface area contributed by atoms with Gasteiger partial charge in [-0.1, -0.05) is 53.2 Å². The van der Waals surface area contributed by atoms with Crippen LogP contribution in [0.25, 0.3) is 5.69 Å². The Hall–Kier alpha value is -2.22. The summed E-state index contributed by atoms with van der Waals surface area (Å²) >= 11 is 13.4. The summed E-state index contributed by atoms with van der Waals surface area (Å²) in [5.41, 5.74) is 1.61. The summed E-state index contributed by atoms with van der Waals surface area (Å²) in [5, 5.41) is 12.7. The number of hydrogen-bond donors (Lipinski definition) is 1. The van der Waals surface area contributed by atoms with Gasteiger partial charge in [0.2, 0.25) is 5.91 Å². The summed E-state index contributed by atoms with van der Waals surface area (Å²) in [5.74, 6) is 0.737. The maximum absolute atomic E-state index is 12.4. The molecule has 0 saturated heterocycles. The summed E-state index contributed by atoms with van der Waals surface area (Å²) in [4.78, 5) is 12.4. The predicted octanol–water partition coefficient (Wildman–Crippen LogP) is 4.55. The molecular formula is C19H18Cl2N4O2S. The lowest BCUT2D eigenvalue weighted by Gasteiger charge is -2.16. The van der Waals surface area contributed by atoms with E-state index in [0.717, 1.165) is 11.3 Å². The molecule has 3 aromatic rings. The third-order valence-electron chi connectivity index (χ3n) is 4.00. The van der Waals surface area contributed by atoms with Gasteiger partial charge in [-0.15, -0.1) is 10.2 Å². The van der Waals surface area contributed by atoms with Crippen LogP contribution in [0.15, 0.2) is 53.9 Å². The van der Waals surface area contributed by atoms with E-state index in [1.807, 2.05) is 31.2 Å². The Balaban J connectivity index is 1.65. The number of benzene rings is 2. The van der Waals surface area contributed by atoms with Gasteiger partial charge in [-0.25, -0.2) is 0 Å². The number of nitrogens with zero attached hydrogens (tertiary/aromatic N) is 3. The van der Waals surface area contributed by atoms with Crippen molar-refractivity contribution in [2.75, 3.05) is 12.9 Å². The molecule has 3 rings (SSSR count). The van der Waals surface area contributed by atoms with Crippen LogP contribution in [0, 0.1) is 0 Å². The average molecular weight is 437 g/mol. The van der Waals surface area contributed by atoms with E-state index in [4.69, 9.17) is 27.9 Å². The molecule has 0 aliphatic rings. The highest BCUT2D eigenvalue weighted by Gasteiger charge is 2.16. The molecular weight excluding hydrogens is 419 g/mol. The molecule has 6 nitrogen and oxygen atoms in total. The number of halogens is 2. The van der Waals surface area contributed by atoms with Crippen LogP contribution < -0.4 is 10.1 Å². The molecule has 0 fully saturated rings. The van der Waals surface area contributed by atoms with Gasteiger partial charge in [0.1, 0.15) is 12.1 Å². The molecule has 28 heavy (non-hydrogen) atoms. The quantitative estimate of drug-likeness (QED) is 0.550. The summed E-state index contributed by atoms with van der Waals surface area (Å²) in [6, 6.07) is 12.5. The van der Waals surface area contributed by atoms with Gasteiger partial charge in [0.15, 0.2) is 5.16 Å². The van der Waals surface area contributed by atoms with Crippen LogP contribution in [0.5, 0.6) is 5.75 Å². The van der Waals surface area contributed by atoms with Crippen molar-refractivity contribution >= 4 is 40.9 Å². The molecule has 146 valence electrons. The highest BCUT2D eigenvalue weighted by atomic mass is 35.5. The van der Waals surface area contributed by atoms with Gasteiger partial charge < -0.3 is 10.1 Å². The minimum absolute atomic E-state index is 0.141. The minimum atomic E-state index is -0.245. The molecule has 1 aromatic heterocycles. The Kier molecular flexibility index (Phi) is 6.83. The molecule has 0 saturated carbocycles. The summed E-state index contributed by atoms with van der Waals surface area (Å²) in [7, 11) is 1.60. The number of rotatable bonds is 7. The van der Waals surface area contributed by atoms with Crippen molar-refractivity contribution in [3.8, 4) is 11.4 Å². The third kappa shape index (κ3) is 4.79. The number of para-hydroxylation sites is 2. The Morgan fingerprint density at radius 2 is 2.07 bits per heavy atom. The second-order valence-electron chi connectivity index (χ2n) is 5.90. The fourth-order valence-corrected chi connectivity index (χ4v) is 3.97. The number of amides is 1. The van der Waals surface area contributed by atoms with Crippen molar-refractivity contribution in [3.05, 3.63) is 64.4 Å². The van der Waals surface area contributed by atoms with Gasteiger partial charge >= 0.3 is 0 Å². The maximum atomic E-state index is 12.4. The topological polar surface area (TPSA) is 69.0 Å². The molecule has 0 bridgehead atoms. The molecule has 1 N–H and O–H groups in total. The van der Waals surface area contributed by atoms with Gasteiger partial charge in [-0.2, -0.15) is 0 Å². The number of carbonyl (C=O) groups excluding carboxylic acids is 1. The van der Waals surface area contributed by atoms with E-state index in [-0.39, 0.29) is 17.7 Å². The summed E-state index contributed by atoms with van der Waals surface area (Å²) < 4.78 is 7.17. The summed E-state index contributed by atoms with van der Waals surface area (Å²) in [6.45, 7) is 1.87. The van der Waals surface area contributed by atoms with Crippen LogP contribution in [0.3, 0.4) is 0 Å². The van der Waals surface area contributed by atoms with E-state index in [2.05, 4.69) is 15.5 Å². The maximum Gasteiger partial charge on any atom is 0.230 e. The molecule has 1 atom stereocenters. The van der Waals surface area contributed by atoms with E-state index in [1.54, 1.807) is 36.2 Å². The number of aromatic nitrogens is 3. The molecule has 0 aliphatic heterocycles. The largest absolute Gasteiger partial charge is 0.495 e. The first kappa shape index (κ1) is 20.5. The van der Waals surface area contributed by atoms with Crippen LogP contribution >= 0.6 is 35.0 Å². The molecule has 2 aromatic carbocycles. The van der Waals surface area contributed by atoms with Crippen molar-refractivity contribution in [2.24, 2.45) is 0 Å². The van der Waals surface area contributed by atoms with Gasteiger partial charge in [0.05, 0.1) is 24.6 Å². The molecule has 0 aliphatic carbocycles. The van der Waals surface area contributed by atoms with E-state index in [0.29, 0.717) is 21.0 Å². The monoisotopic (exact) mass is 436 g/mol. The van der Waals surface area contributed by atoms with Crippen LogP contribution in [0.1, 0.15) is 18.5 Å². The van der Waals surface area contributed by atoms with Gasteiger partial charge in [-0.05, 0) is 36.8 Å². The van der Waals surface area contributed by atoms with Crippen molar-refractivity contribution < 1.29 is 9.53 Å². The molecule has 0 radical (unpaired) electrons. The SMILES string of the molecule is COc1ccccc1-n1cnnc1SCC(=O)N[C@@H](C)c1ccc(Cl)cc1Cl. The van der Waals surface area contributed by atoms with Gasteiger partial charge in [0, 0.05) is 10.0 Å². The smallest absolute Gasteiger partial charge is 0.230 e. The lowest BCUT2D eigenvalue weighted by molar-refractivity contribution is -0.119. The van der Waals surface area contributed by atoms with Crippen LogP contribution in [-0.2, 0) is 4.79 Å². The number of thioether (sulfide) groups is 1. The molecule has 1 amide bonds. The molecule has 1 heterocycles. The highest BCUT2D eigenvalue weighted by Crippen LogP contribution is 2.28. The third-order valence-corrected chi connectivity index (χ3v) is 5.51.